The van der Waals surface area contributed by atoms with Gasteiger partial charge in [0.1, 0.15) is 11.5 Å². The maximum absolute atomic E-state index is 10.9. The lowest BCUT2D eigenvalue weighted by Crippen LogP contribution is -1.91. The predicted molar refractivity (Wildman–Crippen MR) is 141 cm³/mol. The van der Waals surface area contributed by atoms with E-state index in [2.05, 4.69) is 79.7 Å². The Kier molecular flexibility index (Phi) is 5.88. The maximum Gasteiger partial charge on any atom is 0.127 e. The van der Waals surface area contributed by atoms with Crippen LogP contribution in [0, 0.1) is 6.92 Å². The van der Waals surface area contributed by atoms with Crippen molar-refractivity contribution in [3.63, 3.8) is 0 Å². The van der Waals surface area contributed by atoms with Crippen LogP contribution in [-0.2, 0) is 0 Å². The number of benzene rings is 5. The fourth-order valence-corrected chi connectivity index (χ4v) is 4.26. The normalized spacial score (nSPS) is 10.8. The molecule has 166 valence electrons. The highest BCUT2D eigenvalue weighted by Crippen LogP contribution is 2.41. The van der Waals surface area contributed by atoms with Crippen molar-refractivity contribution in [2.75, 3.05) is 7.11 Å². The van der Waals surface area contributed by atoms with Gasteiger partial charge >= 0.3 is 0 Å². The van der Waals surface area contributed by atoms with Crippen molar-refractivity contribution in [1.82, 2.24) is 0 Å². The van der Waals surface area contributed by atoms with Crippen LogP contribution >= 0.6 is 0 Å². The summed E-state index contributed by atoms with van der Waals surface area (Å²) in [7, 11) is 1.67. The largest absolute Gasteiger partial charge is 0.507 e. The molecule has 0 atom stereocenters. The van der Waals surface area contributed by atoms with Crippen LogP contribution < -0.4 is 4.74 Å². The number of hydrogen-bond acceptors (Lipinski definition) is 2. The molecule has 0 saturated heterocycles. The molecule has 0 saturated carbocycles. The molecule has 0 aliphatic rings. The minimum Gasteiger partial charge on any atom is -0.507 e. The molecular formula is C32H26O2. The van der Waals surface area contributed by atoms with Crippen molar-refractivity contribution in [2.45, 2.75) is 6.92 Å². The number of hydrogen-bond donors (Lipinski definition) is 1. The smallest absolute Gasteiger partial charge is 0.127 e. The summed E-state index contributed by atoms with van der Waals surface area (Å²) in [6, 6.07) is 39.0. The molecule has 5 rings (SSSR count). The summed E-state index contributed by atoms with van der Waals surface area (Å²) in [4.78, 5) is 0. The minimum absolute atomic E-state index is 0.228. The van der Waals surface area contributed by atoms with Crippen LogP contribution in [0.15, 0.2) is 115 Å². The van der Waals surface area contributed by atoms with Gasteiger partial charge in [-0.2, -0.15) is 0 Å². The lowest BCUT2D eigenvalue weighted by Gasteiger charge is -2.14. The van der Waals surface area contributed by atoms with Crippen molar-refractivity contribution < 1.29 is 9.84 Å². The van der Waals surface area contributed by atoms with Gasteiger partial charge in [-0.15, -0.1) is 0 Å². The number of methoxy groups -OCH3 is 1. The van der Waals surface area contributed by atoms with Gasteiger partial charge in [0.2, 0.25) is 0 Å². The topological polar surface area (TPSA) is 29.5 Å². The van der Waals surface area contributed by atoms with Gasteiger partial charge in [0.05, 0.1) is 7.11 Å². The summed E-state index contributed by atoms with van der Waals surface area (Å²) >= 11 is 0. The first kappa shape index (κ1) is 21.5. The first-order chi connectivity index (χ1) is 16.6. The van der Waals surface area contributed by atoms with Gasteiger partial charge in [-0.05, 0) is 52.4 Å². The van der Waals surface area contributed by atoms with Crippen LogP contribution in [0.5, 0.6) is 11.5 Å². The molecule has 0 radical (unpaired) electrons. The molecule has 0 bridgehead atoms. The van der Waals surface area contributed by atoms with Gasteiger partial charge in [-0.25, -0.2) is 0 Å². The first-order valence-corrected chi connectivity index (χ1v) is 11.4. The average Bonchev–Trinajstić information content (AvgIpc) is 2.90. The van der Waals surface area contributed by atoms with Gasteiger partial charge in [0, 0.05) is 11.1 Å². The van der Waals surface area contributed by atoms with Gasteiger partial charge in [0.15, 0.2) is 0 Å². The molecule has 0 unspecified atom stereocenters. The van der Waals surface area contributed by atoms with E-state index in [9.17, 15) is 5.11 Å². The molecule has 5 aromatic carbocycles. The van der Waals surface area contributed by atoms with Crippen molar-refractivity contribution in [3.8, 4) is 56.0 Å². The van der Waals surface area contributed by atoms with E-state index in [-0.39, 0.29) is 5.75 Å². The van der Waals surface area contributed by atoms with E-state index in [0.717, 1.165) is 39.1 Å². The van der Waals surface area contributed by atoms with E-state index < -0.39 is 0 Å². The first-order valence-electron chi connectivity index (χ1n) is 11.4. The standard InChI is InChI=1S/C32H26O2/c1-22-8-10-24(11-9-22)26-14-18-28(19-15-26)30-20-31(33)29(21-32(30)34-2)27-16-12-25(13-17-27)23-6-4-3-5-7-23/h3-21,33H,1-2H3. The molecule has 2 nitrogen and oxygen atoms in total. The van der Waals surface area contributed by atoms with Gasteiger partial charge in [0.25, 0.3) is 0 Å². The van der Waals surface area contributed by atoms with E-state index >= 15 is 0 Å². The molecule has 2 heteroatoms. The van der Waals surface area contributed by atoms with E-state index in [0.29, 0.717) is 0 Å². The second kappa shape index (κ2) is 9.29. The number of ether oxygens (including phenoxy) is 1. The second-order valence-corrected chi connectivity index (χ2v) is 8.46. The molecule has 5 aromatic rings. The van der Waals surface area contributed by atoms with Crippen molar-refractivity contribution in [3.05, 3.63) is 121 Å². The summed E-state index contributed by atoms with van der Waals surface area (Å²) in [6.07, 6.45) is 0. The molecule has 0 amide bonds. The van der Waals surface area contributed by atoms with Crippen molar-refractivity contribution in [2.24, 2.45) is 0 Å². The summed E-state index contributed by atoms with van der Waals surface area (Å²) in [5.41, 5.74) is 9.43. The molecule has 0 aromatic heterocycles. The van der Waals surface area contributed by atoms with Crippen LogP contribution in [-0.4, -0.2) is 12.2 Å². The van der Waals surface area contributed by atoms with Crippen LogP contribution in [0.2, 0.25) is 0 Å². The Labute approximate surface area is 200 Å². The van der Waals surface area contributed by atoms with Crippen LogP contribution in [0.25, 0.3) is 44.5 Å². The van der Waals surface area contributed by atoms with Gasteiger partial charge in [-0.3, -0.25) is 0 Å². The monoisotopic (exact) mass is 442 g/mol. The van der Waals surface area contributed by atoms with E-state index in [1.54, 1.807) is 13.2 Å². The van der Waals surface area contributed by atoms with Crippen LogP contribution in [0.4, 0.5) is 0 Å². The summed E-state index contributed by atoms with van der Waals surface area (Å²) in [5, 5.41) is 10.9. The Morgan fingerprint density at radius 3 is 1.47 bits per heavy atom. The summed E-state index contributed by atoms with van der Waals surface area (Å²) in [5.74, 6) is 0.953. The number of phenols is 1. The second-order valence-electron chi connectivity index (χ2n) is 8.46. The van der Waals surface area contributed by atoms with Crippen LogP contribution in [0.1, 0.15) is 5.56 Å². The predicted octanol–water partition coefficient (Wildman–Crippen LogP) is 8.38. The Morgan fingerprint density at radius 2 is 0.941 bits per heavy atom. The Hall–Kier alpha value is -4.30. The Bertz CT molecular complexity index is 1400. The molecule has 0 spiro atoms. The van der Waals surface area contributed by atoms with Gasteiger partial charge in [-0.1, -0.05) is 109 Å². The maximum atomic E-state index is 10.9. The number of rotatable bonds is 5. The Balaban J connectivity index is 1.46. The molecule has 1 N–H and O–H groups in total. The molecular weight excluding hydrogens is 416 g/mol. The van der Waals surface area contributed by atoms with Crippen molar-refractivity contribution >= 4 is 0 Å². The fourth-order valence-electron chi connectivity index (χ4n) is 4.26. The number of aromatic hydroxyl groups is 1. The fraction of sp³-hybridized carbons (Fsp3) is 0.0625. The highest BCUT2D eigenvalue weighted by atomic mass is 16.5. The van der Waals surface area contributed by atoms with Gasteiger partial charge < -0.3 is 9.84 Å². The third-order valence-corrected chi connectivity index (χ3v) is 6.20. The zero-order valence-electron chi connectivity index (χ0n) is 19.3. The molecule has 34 heavy (non-hydrogen) atoms. The van der Waals surface area contributed by atoms with E-state index in [1.807, 2.05) is 36.4 Å². The van der Waals surface area contributed by atoms with E-state index in [4.69, 9.17) is 4.74 Å². The minimum atomic E-state index is 0.228. The Morgan fingerprint density at radius 1 is 0.500 bits per heavy atom. The number of aryl methyl sites for hydroxylation is 1. The quantitative estimate of drug-likeness (QED) is 0.296. The average molecular weight is 443 g/mol. The lowest BCUT2D eigenvalue weighted by atomic mass is 9.95. The molecule has 0 aliphatic heterocycles. The highest BCUT2D eigenvalue weighted by Gasteiger charge is 2.14. The molecule has 0 aliphatic carbocycles. The zero-order chi connectivity index (χ0) is 23.5. The summed E-state index contributed by atoms with van der Waals surface area (Å²) in [6.45, 7) is 2.09. The number of phenolic OH excluding ortho intramolecular Hbond substituents is 1. The molecule has 0 heterocycles. The van der Waals surface area contributed by atoms with Crippen LogP contribution in [0.3, 0.4) is 0 Å². The lowest BCUT2D eigenvalue weighted by molar-refractivity contribution is 0.414. The van der Waals surface area contributed by atoms with E-state index in [1.165, 1.54) is 16.7 Å². The third kappa shape index (κ3) is 4.31. The zero-order valence-corrected chi connectivity index (χ0v) is 19.3. The molecule has 0 fully saturated rings. The highest BCUT2D eigenvalue weighted by molar-refractivity contribution is 5.82. The van der Waals surface area contributed by atoms with Crippen molar-refractivity contribution in [1.29, 1.82) is 0 Å². The third-order valence-electron chi connectivity index (χ3n) is 6.20. The summed E-state index contributed by atoms with van der Waals surface area (Å²) < 4.78 is 5.73. The SMILES string of the molecule is COc1cc(-c2ccc(-c3ccccc3)cc2)c(O)cc1-c1ccc(-c2ccc(C)cc2)cc1.